The topological polar surface area (TPSA) is 99.8 Å². The summed E-state index contributed by atoms with van der Waals surface area (Å²) in [5.41, 5.74) is 0.919. The lowest BCUT2D eigenvalue weighted by Gasteiger charge is -2.17. The van der Waals surface area contributed by atoms with Crippen LogP contribution < -0.4 is 10.9 Å². The number of carboxylic acid groups (broad SMARTS) is 1. The summed E-state index contributed by atoms with van der Waals surface area (Å²) in [6.45, 7) is 5.76. The molecule has 0 fully saturated rings. The summed E-state index contributed by atoms with van der Waals surface area (Å²) in [6.07, 6.45) is 0.462. The molecule has 1 aromatic carbocycles. The van der Waals surface area contributed by atoms with Crippen molar-refractivity contribution in [1.29, 1.82) is 0 Å². The molecule has 0 aliphatic carbocycles. The predicted octanol–water partition coefficient (Wildman–Crippen LogP) is 2.82. The Labute approximate surface area is 145 Å². The molecule has 1 heterocycles. The molecule has 6 nitrogen and oxygen atoms in total. The van der Waals surface area contributed by atoms with Gasteiger partial charge in [-0.2, -0.15) is 0 Å². The third kappa shape index (κ3) is 4.49. The highest BCUT2D eigenvalue weighted by molar-refractivity contribution is 5.85. The van der Waals surface area contributed by atoms with Crippen LogP contribution in [0.4, 0.5) is 0 Å². The number of hydrogen-bond donors (Lipinski definition) is 3. The first-order valence-corrected chi connectivity index (χ1v) is 7.51. The summed E-state index contributed by atoms with van der Waals surface area (Å²) >= 11 is 0. The number of halogens is 1. The van der Waals surface area contributed by atoms with Gasteiger partial charge in [-0.25, -0.2) is 4.79 Å². The third-order valence-electron chi connectivity index (χ3n) is 3.73. The zero-order valence-corrected chi connectivity index (χ0v) is 14.6. The Morgan fingerprint density at radius 1 is 1.33 bits per heavy atom. The van der Waals surface area contributed by atoms with Crippen LogP contribution in [0.5, 0.6) is 5.75 Å². The maximum atomic E-state index is 11.6. The Hall–Kier alpha value is -2.05. The van der Waals surface area contributed by atoms with Gasteiger partial charge in [0.15, 0.2) is 0 Å². The van der Waals surface area contributed by atoms with Gasteiger partial charge in [-0.3, -0.25) is 4.79 Å². The molecule has 0 aliphatic heterocycles. The van der Waals surface area contributed by atoms with Crippen LogP contribution in [0.2, 0.25) is 0 Å². The largest absolute Gasteiger partial charge is 0.507 e. The molecular weight excluding hydrogens is 334 g/mol. The van der Waals surface area contributed by atoms with Gasteiger partial charge in [-0.05, 0) is 37.0 Å². The van der Waals surface area contributed by atoms with Crippen LogP contribution in [0.25, 0.3) is 11.0 Å². The van der Waals surface area contributed by atoms with Crippen molar-refractivity contribution in [3.63, 3.8) is 0 Å². The molecule has 0 bridgehead atoms. The van der Waals surface area contributed by atoms with Crippen molar-refractivity contribution in [1.82, 2.24) is 5.32 Å². The Morgan fingerprint density at radius 3 is 2.58 bits per heavy atom. The van der Waals surface area contributed by atoms with Gasteiger partial charge < -0.3 is 19.9 Å². The van der Waals surface area contributed by atoms with Crippen molar-refractivity contribution in [3.8, 4) is 5.75 Å². The predicted molar refractivity (Wildman–Crippen MR) is 93.9 cm³/mol. The number of nitrogens with one attached hydrogen (secondary N) is 1. The van der Waals surface area contributed by atoms with Gasteiger partial charge in [0.2, 0.25) is 0 Å². The normalized spacial score (nSPS) is 12.2. The molecule has 0 aliphatic rings. The highest BCUT2D eigenvalue weighted by atomic mass is 35.5. The van der Waals surface area contributed by atoms with Crippen molar-refractivity contribution in [2.45, 2.75) is 39.8 Å². The Morgan fingerprint density at radius 2 is 2.00 bits per heavy atom. The molecular formula is C17H22ClNO5. The second kappa shape index (κ2) is 8.17. The number of aliphatic carboxylic acids is 1. The van der Waals surface area contributed by atoms with Crippen LogP contribution in [0.15, 0.2) is 27.4 Å². The lowest BCUT2D eigenvalue weighted by Crippen LogP contribution is -2.37. The van der Waals surface area contributed by atoms with E-state index in [-0.39, 0.29) is 36.2 Å². The van der Waals surface area contributed by atoms with Crippen molar-refractivity contribution < 1.29 is 19.4 Å². The monoisotopic (exact) mass is 355 g/mol. The molecule has 0 saturated carbocycles. The van der Waals surface area contributed by atoms with Crippen LogP contribution in [0, 0.1) is 12.8 Å². The Balaban J connectivity index is 0.00000288. The van der Waals surface area contributed by atoms with Gasteiger partial charge in [-0.15, -0.1) is 12.4 Å². The molecule has 3 N–H and O–H groups in total. The lowest BCUT2D eigenvalue weighted by molar-refractivity contribution is -0.140. The molecule has 0 amide bonds. The number of carbonyl (C=O) groups is 1. The number of carboxylic acids is 1. The van der Waals surface area contributed by atoms with Gasteiger partial charge in [0.05, 0.1) is 5.56 Å². The van der Waals surface area contributed by atoms with Crippen LogP contribution in [-0.4, -0.2) is 22.2 Å². The standard InChI is InChI=1S/C17H21NO5.ClH/c1-9(2)6-13(17(21)22)18-8-12-14(19)5-4-11-10(3)7-15(20)23-16(11)12;/h4-5,7,9,13,18-19H,6,8H2,1-3H3,(H,21,22);1H/t13-;/m1./s1. The molecule has 7 heteroatoms. The first kappa shape index (κ1) is 20.0. The summed E-state index contributed by atoms with van der Waals surface area (Å²) in [4.78, 5) is 22.9. The molecule has 0 unspecified atom stereocenters. The molecule has 1 aromatic heterocycles. The second-order valence-corrected chi connectivity index (χ2v) is 6.09. The van der Waals surface area contributed by atoms with Gasteiger partial charge in [0.25, 0.3) is 0 Å². The second-order valence-electron chi connectivity index (χ2n) is 6.09. The summed E-state index contributed by atoms with van der Waals surface area (Å²) in [6, 6.07) is 3.84. The van der Waals surface area contributed by atoms with E-state index in [0.717, 1.165) is 10.9 Å². The van der Waals surface area contributed by atoms with Crippen molar-refractivity contribution in [2.24, 2.45) is 5.92 Å². The smallest absolute Gasteiger partial charge is 0.336 e. The fourth-order valence-electron chi connectivity index (χ4n) is 2.57. The van der Waals surface area contributed by atoms with Crippen LogP contribution >= 0.6 is 12.4 Å². The van der Waals surface area contributed by atoms with Crippen molar-refractivity contribution >= 4 is 29.3 Å². The van der Waals surface area contributed by atoms with Crippen LogP contribution in [0.1, 0.15) is 31.4 Å². The summed E-state index contributed by atoms with van der Waals surface area (Å²) in [7, 11) is 0. The fraction of sp³-hybridized carbons (Fsp3) is 0.412. The van der Waals surface area contributed by atoms with Crippen LogP contribution in [-0.2, 0) is 11.3 Å². The molecule has 0 radical (unpaired) electrons. The van der Waals surface area contributed by atoms with E-state index in [4.69, 9.17) is 4.42 Å². The number of phenolic OH excluding ortho intramolecular Hbond substituents is 1. The molecule has 0 saturated heterocycles. The minimum Gasteiger partial charge on any atom is -0.507 e. The summed E-state index contributed by atoms with van der Waals surface area (Å²) < 4.78 is 5.23. The molecule has 0 spiro atoms. The number of aryl methyl sites for hydroxylation is 1. The quantitative estimate of drug-likeness (QED) is 0.689. The van der Waals surface area contributed by atoms with Crippen LogP contribution in [0.3, 0.4) is 0 Å². The van der Waals surface area contributed by atoms with E-state index < -0.39 is 17.6 Å². The number of fused-ring (bicyclic) bond motifs is 1. The maximum Gasteiger partial charge on any atom is 0.336 e. The average molecular weight is 356 g/mol. The molecule has 1 atom stereocenters. The first-order chi connectivity index (χ1) is 10.8. The van der Waals surface area contributed by atoms with E-state index in [1.807, 2.05) is 13.8 Å². The van der Waals surface area contributed by atoms with Gasteiger partial charge in [-0.1, -0.05) is 13.8 Å². The lowest BCUT2D eigenvalue weighted by atomic mass is 10.0. The van der Waals surface area contributed by atoms with Crippen molar-refractivity contribution in [2.75, 3.05) is 0 Å². The highest BCUT2D eigenvalue weighted by Gasteiger charge is 2.20. The Kier molecular flexibility index (Phi) is 6.81. The van der Waals surface area contributed by atoms with Gasteiger partial charge >= 0.3 is 11.6 Å². The van der Waals surface area contributed by atoms with Gasteiger partial charge in [0.1, 0.15) is 17.4 Å². The fourth-order valence-corrected chi connectivity index (χ4v) is 2.57. The number of phenols is 1. The first-order valence-electron chi connectivity index (χ1n) is 7.51. The SMILES string of the molecule is Cc1cc(=O)oc2c(CN[C@H](CC(C)C)C(=O)O)c(O)ccc12.Cl. The number of rotatable bonds is 6. The van der Waals surface area contributed by atoms with E-state index in [0.29, 0.717) is 12.0 Å². The average Bonchev–Trinajstić information content (AvgIpc) is 2.43. The number of hydrogen-bond acceptors (Lipinski definition) is 5. The van der Waals surface area contributed by atoms with Gasteiger partial charge in [0, 0.05) is 18.0 Å². The Bertz CT molecular complexity index is 784. The van der Waals surface area contributed by atoms with E-state index in [1.54, 1.807) is 13.0 Å². The minimum atomic E-state index is -0.948. The molecule has 2 rings (SSSR count). The molecule has 24 heavy (non-hydrogen) atoms. The summed E-state index contributed by atoms with van der Waals surface area (Å²) in [5.74, 6) is -0.770. The minimum absolute atomic E-state index is 0. The summed E-state index contributed by atoms with van der Waals surface area (Å²) in [5, 5.41) is 23.0. The molecule has 2 aromatic rings. The number of benzene rings is 1. The van der Waals surface area contributed by atoms with E-state index >= 15 is 0 Å². The number of aromatic hydroxyl groups is 1. The maximum absolute atomic E-state index is 11.6. The molecule has 132 valence electrons. The highest BCUT2D eigenvalue weighted by Crippen LogP contribution is 2.28. The van der Waals surface area contributed by atoms with E-state index in [1.165, 1.54) is 12.1 Å². The zero-order valence-electron chi connectivity index (χ0n) is 13.8. The van der Waals surface area contributed by atoms with Crippen molar-refractivity contribution in [3.05, 3.63) is 39.7 Å². The zero-order chi connectivity index (χ0) is 17.1. The van der Waals surface area contributed by atoms with E-state index in [2.05, 4.69) is 5.32 Å². The third-order valence-corrected chi connectivity index (χ3v) is 3.73. The van der Waals surface area contributed by atoms with E-state index in [9.17, 15) is 19.8 Å².